The molecule has 1 aliphatic heterocycles. The molecule has 4 nitrogen and oxygen atoms in total. The average molecular weight is 289 g/mol. The first-order chi connectivity index (χ1) is 10.2. The van der Waals surface area contributed by atoms with Crippen LogP contribution in [-0.4, -0.2) is 55.2 Å². The van der Waals surface area contributed by atoms with Crippen LogP contribution in [0.4, 0.5) is 5.69 Å². The van der Waals surface area contributed by atoms with Gasteiger partial charge in [-0.15, -0.1) is 0 Å². The van der Waals surface area contributed by atoms with Crippen molar-refractivity contribution < 1.29 is 4.74 Å². The molecule has 1 aromatic carbocycles. The highest BCUT2D eigenvalue weighted by molar-refractivity contribution is 5.51. The van der Waals surface area contributed by atoms with E-state index >= 15 is 0 Å². The van der Waals surface area contributed by atoms with Gasteiger partial charge in [0.2, 0.25) is 0 Å². The van der Waals surface area contributed by atoms with E-state index < -0.39 is 0 Å². The van der Waals surface area contributed by atoms with Crippen molar-refractivity contribution in [2.75, 3.05) is 39.0 Å². The van der Waals surface area contributed by atoms with E-state index in [9.17, 15) is 0 Å². The molecular weight excluding hydrogens is 262 g/mol. The Morgan fingerprint density at radius 2 is 1.76 bits per heavy atom. The van der Waals surface area contributed by atoms with Crippen molar-refractivity contribution >= 4 is 5.69 Å². The number of para-hydroxylation sites is 2. The molecule has 4 heteroatoms. The molecule has 0 radical (unpaired) electrons. The number of anilines is 1. The molecule has 0 spiro atoms. The topological polar surface area (TPSA) is 41.7 Å². The number of nitrogens with zero attached hydrogens (tertiary/aromatic N) is 2. The van der Waals surface area contributed by atoms with E-state index in [0.717, 1.165) is 44.0 Å². The molecule has 0 bridgehead atoms. The summed E-state index contributed by atoms with van der Waals surface area (Å²) in [5.74, 6) is 0.850. The smallest absolute Gasteiger partial charge is 0.142 e. The third kappa shape index (κ3) is 3.50. The Morgan fingerprint density at radius 1 is 1.05 bits per heavy atom. The fourth-order valence-electron chi connectivity index (χ4n) is 3.54. The lowest BCUT2D eigenvalue weighted by molar-refractivity contribution is 0.0133. The lowest BCUT2D eigenvalue weighted by Gasteiger charge is -2.43. The van der Waals surface area contributed by atoms with Gasteiger partial charge in [-0.05, 0) is 38.4 Å². The zero-order valence-corrected chi connectivity index (χ0v) is 13.0. The molecule has 21 heavy (non-hydrogen) atoms. The van der Waals surface area contributed by atoms with Crippen molar-refractivity contribution in [2.45, 2.75) is 37.8 Å². The SMILES string of the molecule is CN1CCN(C2CCCCC2Oc2ccccc2N)CC1. The van der Waals surface area contributed by atoms with Gasteiger partial charge in [0.05, 0.1) is 5.69 Å². The maximum Gasteiger partial charge on any atom is 0.142 e. The fourth-order valence-corrected chi connectivity index (χ4v) is 3.54. The largest absolute Gasteiger partial charge is 0.487 e. The highest BCUT2D eigenvalue weighted by Gasteiger charge is 2.33. The minimum atomic E-state index is 0.284. The van der Waals surface area contributed by atoms with Gasteiger partial charge in [-0.3, -0.25) is 4.90 Å². The number of piperazine rings is 1. The van der Waals surface area contributed by atoms with E-state index in [2.05, 4.69) is 16.8 Å². The fraction of sp³-hybridized carbons (Fsp3) is 0.647. The van der Waals surface area contributed by atoms with Gasteiger partial charge < -0.3 is 15.4 Å². The normalized spacial score (nSPS) is 28.4. The third-order valence-corrected chi connectivity index (χ3v) is 4.87. The Hall–Kier alpha value is -1.26. The van der Waals surface area contributed by atoms with E-state index in [1.165, 1.54) is 19.3 Å². The van der Waals surface area contributed by atoms with Crippen LogP contribution in [0, 0.1) is 0 Å². The van der Waals surface area contributed by atoms with Crippen LogP contribution in [0.5, 0.6) is 5.75 Å². The Bertz CT molecular complexity index is 457. The molecule has 1 aromatic rings. The molecule has 2 aliphatic rings. The molecule has 0 amide bonds. The number of nitrogens with two attached hydrogens (primary N) is 1. The molecule has 3 rings (SSSR count). The second-order valence-electron chi connectivity index (χ2n) is 6.39. The van der Waals surface area contributed by atoms with Crippen LogP contribution in [-0.2, 0) is 0 Å². The molecule has 116 valence electrons. The molecule has 1 heterocycles. The molecule has 1 saturated heterocycles. The molecule has 2 unspecified atom stereocenters. The second-order valence-corrected chi connectivity index (χ2v) is 6.39. The number of rotatable bonds is 3. The maximum atomic E-state index is 6.30. The van der Waals surface area contributed by atoms with E-state index in [1.54, 1.807) is 0 Å². The summed E-state index contributed by atoms with van der Waals surface area (Å²) in [7, 11) is 2.21. The van der Waals surface area contributed by atoms with Crippen molar-refractivity contribution in [2.24, 2.45) is 0 Å². The van der Waals surface area contributed by atoms with Crippen molar-refractivity contribution in [1.82, 2.24) is 9.80 Å². The maximum absolute atomic E-state index is 6.30. The quantitative estimate of drug-likeness (QED) is 0.866. The highest BCUT2D eigenvalue weighted by Crippen LogP contribution is 2.30. The minimum Gasteiger partial charge on any atom is -0.487 e. The summed E-state index contributed by atoms with van der Waals surface area (Å²) in [6.45, 7) is 4.64. The number of hydrogen-bond acceptors (Lipinski definition) is 4. The van der Waals surface area contributed by atoms with Crippen LogP contribution in [0.1, 0.15) is 25.7 Å². The van der Waals surface area contributed by atoms with Gasteiger partial charge in [-0.2, -0.15) is 0 Å². The van der Waals surface area contributed by atoms with Crippen molar-refractivity contribution in [3.63, 3.8) is 0 Å². The van der Waals surface area contributed by atoms with E-state index in [0.29, 0.717) is 6.04 Å². The van der Waals surface area contributed by atoms with E-state index in [1.807, 2.05) is 24.3 Å². The van der Waals surface area contributed by atoms with Crippen LogP contribution < -0.4 is 10.5 Å². The van der Waals surface area contributed by atoms with Gasteiger partial charge in [-0.1, -0.05) is 18.6 Å². The average Bonchev–Trinajstić information content (AvgIpc) is 2.51. The first-order valence-corrected chi connectivity index (χ1v) is 8.18. The van der Waals surface area contributed by atoms with Crippen molar-refractivity contribution in [1.29, 1.82) is 0 Å². The Labute approximate surface area is 127 Å². The summed E-state index contributed by atoms with van der Waals surface area (Å²) in [4.78, 5) is 5.04. The number of hydrogen-bond donors (Lipinski definition) is 1. The van der Waals surface area contributed by atoms with Crippen molar-refractivity contribution in [3.05, 3.63) is 24.3 Å². The lowest BCUT2D eigenvalue weighted by Crippen LogP contribution is -2.54. The molecular formula is C17H27N3O. The van der Waals surface area contributed by atoms with Crippen LogP contribution in [0.15, 0.2) is 24.3 Å². The summed E-state index contributed by atoms with van der Waals surface area (Å²) < 4.78 is 6.30. The summed E-state index contributed by atoms with van der Waals surface area (Å²) in [6, 6.07) is 8.42. The summed E-state index contributed by atoms with van der Waals surface area (Å²) >= 11 is 0. The number of nitrogen functional groups attached to an aromatic ring is 1. The Kier molecular flexibility index (Phi) is 4.66. The first kappa shape index (κ1) is 14.7. The summed E-state index contributed by atoms with van der Waals surface area (Å²) in [5.41, 5.74) is 6.78. The minimum absolute atomic E-state index is 0.284. The zero-order chi connectivity index (χ0) is 14.7. The van der Waals surface area contributed by atoms with Gasteiger partial charge in [0, 0.05) is 32.2 Å². The highest BCUT2D eigenvalue weighted by atomic mass is 16.5. The molecule has 1 aliphatic carbocycles. The standard InChI is InChI=1S/C17H27N3O/c1-19-10-12-20(13-11-19)15-7-3-5-9-17(15)21-16-8-4-2-6-14(16)18/h2,4,6,8,15,17H,3,5,7,9-13,18H2,1H3. The molecule has 2 N–H and O–H groups in total. The Balaban J connectivity index is 1.68. The second kappa shape index (κ2) is 6.67. The zero-order valence-electron chi connectivity index (χ0n) is 13.0. The van der Waals surface area contributed by atoms with E-state index in [-0.39, 0.29) is 6.10 Å². The van der Waals surface area contributed by atoms with Gasteiger partial charge in [0.25, 0.3) is 0 Å². The van der Waals surface area contributed by atoms with Crippen LogP contribution in [0.3, 0.4) is 0 Å². The predicted octanol–water partition coefficient (Wildman–Crippen LogP) is 2.21. The number of benzene rings is 1. The van der Waals surface area contributed by atoms with Gasteiger partial charge in [0.1, 0.15) is 11.9 Å². The van der Waals surface area contributed by atoms with Gasteiger partial charge in [-0.25, -0.2) is 0 Å². The predicted molar refractivity (Wildman–Crippen MR) is 86.6 cm³/mol. The summed E-state index contributed by atoms with van der Waals surface area (Å²) in [5, 5.41) is 0. The first-order valence-electron chi connectivity index (χ1n) is 8.18. The van der Waals surface area contributed by atoms with Crippen molar-refractivity contribution in [3.8, 4) is 5.75 Å². The monoisotopic (exact) mass is 289 g/mol. The van der Waals surface area contributed by atoms with Gasteiger partial charge in [0.15, 0.2) is 0 Å². The molecule has 1 saturated carbocycles. The van der Waals surface area contributed by atoms with Gasteiger partial charge >= 0.3 is 0 Å². The number of ether oxygens (including phenoxy) is 1. The molecule has 2 atom stereocenters. The Morgan fingerprint density at radius 3 is 2.52 bits per heavy atom. The van der Waals surface area contributed by atoms with Crippen LogP contribution in [0.2, 0.25) is 0 Å². The molecule has 2 fully saturated rings. The van der Waals surface area contributed by atoms with Crippen LogP contribution >= 0.6 is 0 Å². The van der Waals surface area contributed by atoms with Crippen LogP contribution in [0.25, 0.3) is 0 Å². The number of likely N-dealkylation sites (N-methyl/N-ethyl adjacent to an activating group) is 1. The lowest BCUT2D eigenvalue weighted by atomic mass is 9.90. The third-order valence-electron chi connectivity index (χ3n) is 4.87. The van der Waals surface area contributed by atoms with E-state index in [4.69, 9.17) is 10.5 Å². The molecule has 0 aromatic heterocycles. The summed E-state index contributed by atoms with van der Waals surface area (Å²) in [6.07, 6.45) is 5.27.